The minimum absolute atomic E-state index is 0.0620. The molecule has 2 aliphatic heterocycles. The number of piperidine rings is 1. The number of benzene rings is 2. The van der Waals surface area contributed by atoms with Crippen LogP contribution in [-0.2, 0) is 21.2 Å². The van der Waals surface area contributed by atoms with Gasteiger partial charge in [0.1, 0.15) is 5.01 Å². The van der Waals surface area contributed by atoms with Crippen LogP contribution in [-0.4, -0.2) is 48.1 Å². The van der Waals surface area contributed by atoms with E-state index in [0.29, 0.717) is 30.8 Å². The first-order chi connectivity index (χ1) is 16.0. The van der Waals surface area contributed by atoms with E-state index < -0.39 is 10.0 Å². The van der Waals surface area contributed by atoms with Gasteiger partial charge in [0.2, 0.25) is 15.9 Å². The van der Waals surface area contributed by atoms with E-state index in [4.69, 9.17) is 4.98 Å². The molecule has 0 unspecified atom stereocenters. The van der Waals surface area contributed by atoms with E-state index in [1.165, 1.54) is 0 Å². The summed E-state index contributed by atoms with van der Waals surface area (Å²) in [4.78, 5) is 20.2. The molecule has 2 saturated heterocycles. The van der Waals surface area contributed by atoms with Gasteiger partial charge in [0.25, 0.3) is 0 Å². The number of hydrogen-bond acceptors (Lipinski definition) is 5. The van der Waals surface area contributed by atoms with Gasteiger partial charge in [0.15, 0.2) is 0 Å². The van der Waals surface area contributed by atoms with Crippen LogP contribution in [0, 0.1) is 0 Å². The maximum Gasteiger partial charge on any atom is 0.243 e. The number of aryl methyl sites for hydroxylation is 1. The van der Waals surface area contributed by atoms with E-state index in [-0.39, 0.29) is 11.9 Å². The monoisotopic (exact) mass is 483 g/mol. The van der Waals surface area contributed by atoms with Crippen molar-refractivity contribution in [1.82, 2.24) is 14.2 Å². The first kappa shape index (κ1) is 22.5. The fourth-order valence-electron chi connectivity index (χ4n) is 4.83. The molecule has 0 N–H and O–H groups in total. The van der Waals surface area contributed by atoms with Crippen LogP contribution in [0.3, 0.4) is 0 Å². The largest absolute Gasteiger partial charge is 0.333 e. The van der Waals surface area contributed by atoms with Crippen LogP contribution >= 0.6 is 11.3 Å². The second-order valence-electron chi connectivity index (χ2n) is 8.87. The summed E-state index contributed by atoms with van der Waals surface area (Å²) in [5.74, 6) is 0.141. The molecule has 0 aliphatic carbocycles. The predicted molar refractivity (Wildman–Crippen MR) is 131 cm³/mol. The molecule has 3 heterocycles. The van der Waals surface area contributed by atoms with Gasteiger partial charge in [-0.25, -0.2) is 13.4 Å². The Labute approximate surface area is 199 Å². The second kappa shape index (κ2) is 9.52. The number of thiazole rings is 1. The van der Waals surface area contributed by atoms with Gasteiger partial charge in [-0.3, -0.25) is 4.79 Å². The van der Waals surface area contributed by atoms with Crippen LogP contribution in [0.2, 0.25) is 0 Å². The maximum atomic E-state index is 13.1. The van der Waals surface area contributed by atoms with Crippen molar-refractivity contribution >= 4 is 37.5 Å². The standard InChI is InChI=1S/C25H29N3O3S2/c29-24(28-18-6-8-22(28)25-26-21-7-2-3-9-23(21)32-25)15-12-19-10-13-20(14-11-19)33(30,31)27-16-4-1-5-17-27/h2-3,7,9-11,13-14,22H,1,4-6,8,12,15-18H2/t22-/m0/s1. The smallest absolute Gasteiger partial charge is 0.243 e. The average molecular weight is 484 g/mol. The molecule has 8 heteroatoms. The van der Waals surface area contributed by atoms with E-state index in [1.54, 1.807) is 27.8 Å². The molecule has 174 valence electrons. The quantitative estimate of drug-likeness (QED) is 0.507. The van der Waals surface area contributed by atoms with Crippen LogP contribution in [0.5, 0.6) is 0 Å². The van der Waals surface area contributed by atoms with Crippen molar-refractivity contribution in [3.05, 3.63) is 59.1 Å². The van der Waals surface area contributed by atoms with Crippen molar-refractivity contribution in [2.75, 3.05) is 19.6 Å². The zero-order chi connectivity index (χ0) is 22.8. The summed E-state index contributed by atoms with van der Waals surface area (Å²) < 4.78 is 28.4. The SMILES string of the molecule is O=C(CCc1ccc(S(=O)(=O)N2CCCCC2)cc1)N1CCC[C@H]1c1nc2ccccc2s1. The van der Waals surface area contributed by atoms with E-state index in [2.05, 4.69) is 6.07 Å². The molecular weight excluding hydrogens is 454 g/mol. The topological polar surface area (TPSA) is 70.6 Å². The molecular formula is C25H29N3O3S2. The van der Waals surface area contributed by atoms with Gasteiger partial charge in [-0.05, 0) is 61.9 Å². The molecule has 1 atom stereocenters. The molecule has 0 saturated carbocycles. The van der Waals surface area contributed by atoms with Gasteiger partial charge in [0, 0.05) is 26.1 Å². The van der Waals surface area contributed by atoms with Crippen LogP contribution in [0.1, 0.15) is 55.1 Å². The highest BCUT2D eigenvalue weighted by Gasteiger charge is 2.32. The lowest BCUT2D eigenvalue weighted by Crippen LogP contribution is -2.35. The molecule has 3 aromatic rings. The highest BCUT2D eigenvalue weighted by molar-refractivity contribution is 7.89. The number of para-hydroxylation sites is 1. The number of sulfonamides is 1. The number of hydrogen-bond donors (Lipinski definition) is 0. The summed E-state index contributed by atoms with van der Waals surface area (Å²) >= 11 is 1.68. The number of carbonyl (C=O) groups is 1. The highest BCUT2D eigenvalue weighted by atomic mass is 32.2. The molecule has 6 nitrogen and oxygen atoms in total. The Hall–Kier alpha value is -2.29. The van der Waals surface area contributed by atoms with Crippen molar-refractivity contribution in [1.29, 1.82) is 0 Å². The van der Waals surface area contributed by atoms with Crippen molar-refractivity contribution in [3.63, 3.8) is 0 Å². The lowest BCUT2D eigenvalue weighted by molar-refractivity contribution is -0.132. The van der Waals surface area contributed by atoms with Crippen LogP contribution < -0.4 is 0 Å². The average Bonchev–Trinajstić information content (AvgIpc) is 3.50. The summed E-state index contributed by atoms with van der Waals surface area (Å²) in [6.45, 7) is 1.97. The van der Waals surface area contributed by atoms with Crippen molar-refractivity contribution < 1.29 is 13.2 Å². The fraction of sp³-hybridized carbons (Fsp3) is 0.440. The summed E-state index contributed by atoms with van der Waals surface area (Å²) in [5.41, 5.74) is 1.98. The fourth-order valence-corrected chi connectivity index (χ4v) is 7.46. The number of rotatable bonds is 6. The highest BCUT2D eigenvalue weighted by Crippen LogP contribution is 2.36. The number of nitrogens with zero attached hydrogens (tertiary/aromatic N) is 3. The molecule has 1 amide bonds. The van der Waals surface area contributed by atoms with Gasteiger partial charge >= 0.3 is 0 Å². The van der Waals surface area contributed by atoms with Gasteiger partial charge in [-0.1, -0.05) is 30.7 Å². The lowest BCUT2D eigenvalue weighted by atomic mass is 10.1. The number of carbonyl (C=O) groups excluding carboxylic acids is 1. The Bertz CT molecular complexity index is 1200. The predicted octanol–water partition coefficient (Wildman–Crippen LogP) is 4.77. The molecule has 0 spiro atoms. The van der Waals surface area contributed by atoms with E-state index in [0.717, 1.165) is 59.4 Å². The van der Waals surface area contributed by atoms with E-state index in [9.17, 15) is 13.2 Å². The summed E-state index contributed by atoms with van der Waals surface area (Å²) in [6, 6.07) is 15.2. The molecule has 5 rings (SSSR count). The van der Waals surface area contributed by atoms with E-state index in [1.807, 2.05) is 35.2 Å². The third-order valence-corrected chi connectivity index (χ3v) is 9.72. The Morgan fingerprint density at radius 3 is 2.48 bits per heavy atom. The van der Waals surface area contributed by atoms with Crippen LogP contribution in [0.25, 0.3) is 10.2 Å². The maximum absolute atomic E-state index is 13.1. The van der Waals surface area contributed by atoms with Crippen LogP contribution in [0.4, 0.5) is 0 Å². The van der Waals surface area contributed by atoms with Gasteiger partial charge in [0.05, 0.1) is 21.2 Å². The van der Waals surface area contributed by atoms with Gasteiger partial charge < -0.3 is 4.90 Å². The summed E-state index contributed by atoms with van der Waals surface area (Å²) in [5, 5.41) is 1.02. The van der Waals surface area contributed by atoms with E-state index >= 15 is 0 Å². The minimum Gasteiger partial charge on any atom is -0.333 e. The van der Waals surface area contributed by atoms with Crippen molar-refractivity contribution in [3.8, 4) is 0 Å². The number of amides is 1. The second-order valence-corrected chi connectivity index (χ2v) is 11.9. The number of likely N-dealkylation sites (tertiary alicyclic amines) is 1. The molecule has 2 aliphatic rings. The van der Waals surface area contributed by atoms with Gasteiger partial charge in [-0.15, -0.1) is 11.3 Å². The Morgan fingerprint density at radius 2 is 1.73 bits per heavy atom. The number of fused-ring (bicyclic) bond motifs is 1. The third-order valence-electron chi connectivity index (χ3n) is 6.67. The zero-order valence-corrected chi connectivity index (χ0v) is 20.3. The van der Waals surface area contributed by atoms with Crippen molar-refractivity contribution in [2.24, 2.45) is 0 Å². The Kier molecular flexibility index (Phi) is 6.49. The van der Waals surface area contributed by atoms with Crippen LogP contribution in [0.15, 0.2) is 53.4 Å². The first-order valence-corrected chi connectivity index (χ1v) is 14.0. The zero-order valence-electron chi connectivity index (χ0n) is 18.7. The molecule has 0 bridgehead atoms. The third kappa shape index (κ3) is 4.69. The minimum atomic E-state index is -3.42. The lowest BCUT2D eigenvalue weighted by Gasteiger charge is -2.26. The molecule has 2 aromatic carbocycles. The Balaban J connectivity index is 1.22. The summed E-state index contributed by atoms with van der Waals surface area (Å²) in [6.07, 6.45) is 5.91. The molecule has 0 radical (unpaired) electrons. The van der Waals surface area contributed by atoms with Gasteiger partial charge in [-0.2, -0.15) is 4.31 Å². The molecule has 1 aromatic heterocycles. The summed E-state index contributed by atoms with van der Waals surface area (Å²) in [7, 11) is -3.42. The van der Waals surface area contributed by atoms with Crippen molar-refractivity contribution in [2.45, 2.75) is 55.9 Å². The first-order valence-electron chi connectivity index (χ1n) is 11.8. The Morgan fingerprint density at radius 1 is 0.970 bits per heavy atom. The molecule has 2 fully saturated rings. The molecule has 33 heavy (non-hydrogen) atoms. The normalized spacial score (nSPS) is 19.9. The number of aromatic nitrogens is 1.